The van der Waals surface area contributed by atoms with E-state index in [1.54, 1.807) is 15.9 Å². The van der Waals surface area contributed by atoms with Crippen LogP contribution < -0.4 is 0 Å². The summed E-state index contributed by atoms with van der Waals surface area (Å²) in [7, 11) is 0. The van der Waals surface area contributed by atoms with Crippen LogP contribution in [-0.4, -0.2) is 77.5 Å². The van der Waals surface area contributed by atoms with E-state index in [0.717, 1.165) is 10.0 Å². The molecular formula is C24H32BrN3O4. The molecule has 0 aromatic heterocycles. The second-order valence-corrected chi connectivity index (χ2v) is 10.2. The minimum absolute atomic E-state index is 0.0364. The summed E-state index contributed by atoms with van der Waals surface area (Å²) in [5.41, 5.74) is 0.446. The molecule has 1 aromatic rings. The van der Waals surface area contributed by atoms with Gasteiger partial charge in [0, 0.05) is 55.7 Å². The summed E-state index contributed by atoms with van der Waals surface area (Å²) >= 11 is 3.40. The van der Waals surface area contributed by atoms with Crippen LogP contribution in [0.4, 0.5) is 4.79 Å². The number of rotatable bonds is 3. The van der Waals surface area contributed by atoms with Gasteiger partial charge in [-0.25, -0.2) is 4.79 Å². The summed E-state index contributed by atoms with van der Waals surface area (Å²) in [6.07, 6.45) is 4.38. The van der Waals surface area contributed by atoms with Crippen molar-refractivity contribution in [2.24, 2.45) is 5.92 Å². The van der Waals surface area contributed by atoms with Gasteiger partial charge >= 0.3 is 6.09 Å². The van der Waals surface area contributed by atoms with Gasteiger partial charge in [0.2, 0.25) is 11.8 Å². The third kappa shape index (κ3) is 6.82. The first-order valence-corrected chi connectivity index (χ1v) is 11.9. The number of carbonyl (C=O) groups excluding carboxylic acids is 3. The molecule has 7 nitrogen and oxygen atoms in total. The molecule has 2 heterocycles. The van der Waals surface area contributed by atoms with Crippen LogP contribution in [0.2, 0.25) is 0 Å². The number of piperidine rings is 1. The number of nitrogens with zero attached hydrogens (tertiary/aromatic N) is 3. The molecule has 2 fully saturated rings. The zero-order valence-corrected chi connectivity index (χ0v) is 20.6. The second kappa shape index (κ2) is 10.5. The Kier molecular flexibility index (Phi) is 7.98. The van der Waals surface area contributed by atoms with E-state index in [9.17, 15) is 14.4 Å². The van der Waals surface area contributed by atoms with Crippen LogP contribution in [0.25, 0.3) is 6.08 Å². The highest BCUT2D eigenvalue weighted by Crippen LogP contribution is 2.22. The molecule has 2 aliphatic rings. The molecule has 1 aromatic carbocycles. The summed E-state index contributed by atoms with van der Waals surface area (Å²) in [4.78, 5) is 43.0. The Hall–Kier alpha value is -2.35. The van der Waals surface area contributed by atoms with Crippen molar-refractivity contribution in [2.75, 3.05) is 39.3 Å². The van der Waals surface area contributed by atoms with Crippen LogP contribution in [0, 0.1) is 5.92 Å². The zero-order valence-electron chi connectivity index (χ0n) is 19.1. The number of carbonyl (C=O) groups is 3. The van der Waals surface area contributed by atoms with E-state index in [-0.39, 0.29) is 23.8 Å². The first kappa shape index (κ1) is 24.3. The second-order valence-electron chi connectivity index (χ2n) is 9.28. The highest BCUT2D eigenvalue weighted by atomic mass is 79.9. The van der Waals surface area contributed by atoms with Crippen molar-refractivity contribution in [1.82, 2.24) is 14.7 Å². The van der Waals surface area contributed by atoms with Crippen molar-refractivity contribution in [3.8, 4) is 0 Å². The highest BCUT2D eigenvalue weighted by Gasteiger charge is 2.33. The average molecular weight is 506 g/mol. The van der Waals surface area contributed by atoms with Gasteiger partial charge in [0.25, 0.3) is 0 Å². The maximum Gasteiger partial charge on any atom is 0.410 e. The van der Waals surface area contributed by atoms with Crippen LogP contribution >= 0.6 is 15.9 Å². The normalized spacial score (nSPS) is 18.2. The van der Waals surface area contributed by atoms with Gasteiger partial charge in [0.1, 0.15) is 5.60 Å². The van der Waals surface area contributed by atoms with E-state index in [1.807, 2.05) is 56.0 Å². The molecule has 8 heteroatoms. The standard InChI is InChI=1S/C24H32BrN3O4/c1-24(2,3)32-23(31)28-12-10-19(11-13-28)22(30)27-16-14-26(15-17-27)21(29)9-6-18-4-7-20(25)8-5-18/h4-9,19H,10-17H2,1-3H3. The third-order valence-electron chi connectivity index (χ3n) is 5.69. The van der Waals surface area contributed by atoms with Gasteiger partial charge in [-0.2, -0.15) is 0 Å². The lowest BCUT2D eigenvalue weighted by Crippen LogP contribution is -2.53. The van der Waals surface area contributed by atoms with E-state index < -0.39 is 5.60 Å². The number of likely N-dealkylation sites (tertiary alicyclic amines) is 1. The molecule has 0 N–H and O–H groups in total. The molecule has 0 spiro atoms. The molecule has 0 radical (unpaired) electrons. The lowest BCUT2D eigenvalue weighted by molar-refractivity contribution is -0.141. The Labute approximate surface area is 198 Å². The fraction of sp³-hybridized carbons (Fsp3) is 0.542. The molecule has 0 saturated carbocycles. The summed E-state index contributed by atoms with van der Waals surface area (Å²) in [5.74, 6) is 0.0188. The van der Waals surface area contributed by atoms with Crippen LogP contribution in [0.15, 0.2) is 34.8 Å². The van der Waals surface area contributed by atoms with Gasteiger partial charge in [-0.05, 0) is 57.4 Å². The largest absolute Gasteiger partial charge is 0.444 e. The molecule has 3 amide bonds. The molecule has 0 aliphatic carbocycles. The minimum Gasteiger partial charge on any atom is -0.444 e. The van der Waals surface area contributed by atoms with Crippen molar-refractivity contribution in [3.63, 3.8) is 0 Å². The lowest BCUT2D eigenvalue weighted by Gasteiger charge is -2.38. The van der Waals surface area contributed by atoms with Gasteiger partial charge in [-0.1, -0.05) is 28.1 Å². The quantitative estimate of drug-likeness (QED) is 0.586. The number of hydrogen-bond donors (Lipinski definition) is 0. The average Bonchev–Trinajstić information content (AvgIpc) is 2.77. The zero-order chi connectivity index (χ0) is 23.3. The van der Waals surface area contributed by atoms with E-state index in [1.165, 1.54) is 0 Å². The monoisotopic (exact) mass is 505 g/mol. The Morgan fingerprint density at radius 1 is 0.906 bits per heavy atom. The maximum absolute atomic E-state index is 12.9. The van der Waals surface area contributed by atoms with E-state index in [0.29, 0.717) is 52.1 Å². The number of ether oxygens (including phenoxy) is 1. The predicted molar refractivity (Wildman–Crippen MR) is 127 cm³/mol. The minimum atomic E-state index is -0.520. The number of amides is 3. The molecule has 2 saturated heterocycles. The molecule has 0 atom stereocenters. The Balaban J connectivity index is 1.43. The first-order chi connectivity index (χ1) is 15.1. The van der Waals surface area contributed by atoms with Crippen molar-refractivity contribution in [2.45, 2.75) is 39.2 Å². The summed E-state index contributed by atoms with van der Waals surface area (Å²) in [6.45, 7) is 8.77. The SMILES string of the molecule is CC(C)(C)OC(=O)N1CCC(C(=O)N2CCN(C(=O)C=Cc3ccc(Br)cc3)CC2)CC1. The lowest BCUT2D eigenvalue weighted by atomic mass is 9.95. The number of hydrogen-bond acceptors (Lipinski definition) is 4. The molecular weight excluding hydrogens is 474 g/mol. The number of benzene rings is 1. The van der Waals surface area contributed by atoms with Crippen LogP contribution in [0.3, 0.4) is 0 Å². The molecule has 2 aliphatic heterocycles. The fourth-order valence-electron chi connectivity index (χ4n) is 3.89. The Morgan fingerprint density at radius 2 is 1.47 bits per heavy atom. The maximum atomic E-state index is 12.9. The van der Waals surface area contributed by atoms with Gasteiger partial charge in [-0.15, -0.1) is 0 Å². The van der Waals surface area contributed by atoms with E-state index in [4.69, 9.17) is 4.74 Å². The van der Waals surface area contributed by atoms with E-state index >= 15 is 0 Å². The molecule has 32 heavy (non-hydrogen) atoms. The summed E-state index contributed by atoms with van der Waals surface area (Å²) in [5, 5.41) is 0. The fourth-order valence-corrected chi connectivity index (χ4v) is 4.15. The van der Waals surface area contributed by atoms with Crippen molar-refractivity contribution in [3.05, 3.63) is 40.4 Å². The van der Waals surface area contributed by atoms with Gasteiger partial charge in [-0.3, -0.25) is 9.59 Å². The topological polar surface area (TPSA) is 70.2 Å². The van der Waals surface area contributed by atoms with Gasteiger partial charge < -0.3 is 19.4 Å². The van der Waals surface area contributed by atoms with E-state index in [2.05, 4.69) is 15.9 Å². The van der Waals surface area contributed by atoms with Crippen LogP contribution in [0.1, 0.15) is 39.2 Å². The highest BCUT2D eigenvalue weighted by molar-refractivity contribution is 9.10. The van der Waals surface area contributed by atoms with Gasteiger partial charge in [0.15, 0.2) is 0 Å². The summed E-state index contributed by atoms with van der Waals surface area (Å²) < 4.78 is 6.42. The van der Waals surface area contributed by atoms with Crippen molar-refractivity contribution in [1.29, 1.82) is 0 Å². The van der Waals surface area contributed by atoms with Crippen LogP contribution in [-0.2, 0) is 14.3 Å². The van der Waals surface area contributed by atoms with Crippen LogP contribution in [0.5, 0.6) is 0 Å². The Morgan fingerprint density at radius 3 is 2.03 bits per heavy atom. The Bertz CT molecular complexity index is 847. The van der Waals surface area contributed by atoms with Gasteiger partial charge in [0.05, 0.1) is 0 Å². The molecule has 0 unspecified atom stereocenters. The molecule has 0 bridgehead atoms. The smallest absolute Gasteiger partial charge is 0.410 e. The predicted octanol–water partition coefficient (Wildman–Crippen LogP) is 3.78. The number of piperazine rings is 1. The first-order valence-electron chi connectivity index (χ1n) is 11.1. The summed E-state index contributed by atoms with van der Waals surface area (Å²) in [6, 6.07) is 7.76. The third-order valence-corrected chi connectivity index (χ3v) is 6.22. The van der Waals surface area contributed by atoms with Crippen molar-refractivity contribution < 1.29 is 19.1 Å². The molecule has 3 rings (SSSR count). The van der Waals surface area contributed by atoms with Crippen molar-refractivity contribution >= 4 is 39.9 Å². The molecule has 174 valence electrons. The number of halogens is 1.